The molecular formula is C19H10F7NO2. The molecule has 1 aromatic heterocycles. The monoisotopic (exact) mass is 417 g/mol. The number of pyridine rings is 1. The summed E-state index contributed by atoms with van der Waals surface area (Å²) in [6.07, 6.45) is -7.34. The SMILES string of the molecule is Fc1c(-c2ccc(OC(F)(F)F)cc2)cncc1-c1ccc(OC(F)(F)F)cc1. The lowest BCUT2D eigenvalue weighted by Crippen LogP contribution is -2.16. The summed E-state index contributed by atoms with van der Waals surface area (Å²) in [5.41, 5.74) is 0.472. The lowest BCUT2D eigenvalue weighted by molar-refractivity contribution is -0.275. The van der Waals surface area contributed by atoms with Gasteiger partial charge in [0.25, 0.3) is 0 Å². The first-order chi connectivity index (χ1) is 13.5. The maximum Gasteiger partial charge on any atom is 0.573 e. The maximum absolute atomic E-state index is 14.9. The Morgan fingerprint density at radius 1 is 0.586 bits per heavy atom. The average Bonchev–Trinajstić information content (AvgIpc) is 2.61. The molecular weight excluding hydrogens is 407 g/mol. The highest BCUT2D eigenvalue weighted by Gasteiger charge is 2.31. The van der Waals surface area contributed by atoms with Crippen molar-refractivity contribution in [2.45, 2.75) is 12.7 Å². The molecule has 3 aromatic rings. The smallest absolute Gasteiger partial charge is 0.406 e. The fourth-order valence-electron chi connectivity index (χ4n) is 2.52. The first kappa shape index (κ1) is 20.4. The number of hydrogen-bond donors (Lipinski definition) is 0. The van der Waals surface area contributed by atoms with E-state index < -0.39 is 30.0 Å². The molecule has 3 rings (SSSR count). The van der Waals surface area contributed by atoms with Crippen molar-refractivity contribution in [2.24, 2.45) is 0 Å². The Bertz CT molecular complexity index is 904. The van der Waals surface area contributed by atoms with Crippen LogP contribution in [0.25, 0.3) is 22.3 Å². The van der Waals surface area contributed by atoms with E-state index in [0.29, 0.717) is 0 Å². The van der Waals surface area contributed by atoms with Crippen molar-refractivity contribution in [3.05, 3.63) is 66.7 Å². The highest BCUT2D eigenvalue weighted by atomic mass is 19.4. The Hall–Kier alpha value is -3.30. The lowest BCUT2D eigenvalue weighted by atomic mass is 10.0. The summed E-state index contributed by atoms with van der Waals surface area (Å²) in [7, 11) is 0. The zero-order valence-electron chi connectivity index (χ0n) is 14.2. The van der Waals surface area contributed by atoms with Crippen LogP contribution in [0.2, 0.25) is 0 Å². The van der Waals surface area contributed by atoms with E-state index in [0.717, 1.165) is 24.3 Å². The molecule has 0 spiro atoms. The van der Waals surface area contributed by atoms with Crippen LogP contribution in [0.4, 0.5) is 30.7 Å². The summed E-state index contributed by atoms with van der Waals surface area (Å²) in [5.74, 6) is -1.67. The standard InChI is InChI=1S/C19H10F7NO2/c20-17-15(11-1-5-13(6-2-11)28-18(21,22)23)9-27-10-16(17)12-3-7-14(8-4-12)29-19(24,25)26/h1-10H. The van der Waals surface area contributed by atoms with Crippen LogP contribution in [0.5, 0.6) is 11.5 Å². The van der Waals surface area contributed by atoms with Gasteiger partial charge in [0.05, 0.1) is 0 Å². The first-order valence-corrected chi connectivity index (χ1v) is 7.88. The summed E-state index contributed by atoms with van der Waals surface area (Å²) in [6.45, 7) is 0. The number of rotatable bonds is 4. The lowest BCUT2D eigenvalue weighted by Gasteiger charge is -2.12. The summed E-state index contributed by atoms with van der Waals surface area (Å²) in [4.78, 5) is 3.90. The van der Waals surface area contributed by atoms with Crippen LogP contribution in [0.15, 0.2) is 60.9 Å². The maximum atomic E-state index is 14.9. The number of ether oxygens (including phenoxy) is 2. The van der Waals surface area contributed by atoms with Gasteiger partial charge in [0.1, 0.15) is 17.3 Å². The van der Waals surface area contributed by atoms with Gasteiger partial charge in [-0.2, -0.15) is 0 Å². The van der Waals surface area contributed by atoms with Crippen molar-refractivity contribution in [2.75, 3.05) is 0 Å². The molecule has 0 aliphatic carbocycles. The summed E-state index contributed by atoms with van der Waals surface area (Å²) in [6, 6.07) is 9.01. The minimum atomic E-state index is -4.85. The third kappa shape index (κ3) is 5.37. The number of benzene rings is 2. The van der Waals surface area contributed by atoms with Gasteiger partial charge in [-0.25, -0.2) is 4.39 Å². The molecule has 0 saturated carbocycles. The third-order valence-corrected chi connectivity index (χ3v) is 3.68. The van der Waals surface area contributed by atoms with E-state index in [1.807, 2.05) is 0 Å². The van der Waals surface area contributed by atoms with E-state index in [1.165, 1.54) is 36.7 Å². The van der Waals surface area contributed by atoms with Gasteiger partial charge in [0.2, 0.25) is 0 Å². The zero-order valence-corrected chi connectivity index (χ0v) is 14.2. The van der Waals surface area contributed by atoms with E-state index in [-0.39, 0.29) is 22.3 Å². The van der Waals surface area contributed by atoms with Crippen molar-refractivity contribution < 1.29 is 40.2 Å². The molecule has 0 aliphatic heterocycles. The molecule has 10 heteroatoms. The first-order valence-electron chi connectivity index (χ1n) is 7.88. The molecule has 152 valence electrons. The third-order valence-electron chi connectivity index (χ3n) is 3.68. The highest BCUT2D eigenvalue weighted by Crippen LogP contribution is 2.33. The van der Waals surface area contributed by atoms with Gasteiger partial charge in [-0.3, -0.25) is 4.98 Å². The number of nitrogens with zero attached hydrogens (tertiary/aromatic N) is 1. The average molecular weight is 417 g/mol. The molecule has 0 N–H and O–H groups in total. The topological polar surface area (TPSA) is 31.4 Å². The van der Waals surface area contributed by atoms with E-state index in [9.17, 15) is 30.7 Å². The fourth-order valence-corrected chi connectivity index (χ4v) is 2.52. The minimum absolute atomic E-state index is 0.00308. The summed E-state index contributed by atoms with van der Waals surface area (Å²) in [5, 5.41) is 0. The molecule has 0 radical (unpaired) electrons. The van der Waals surface area contributed by atoms with Crippen LogP contribution < -0.4 is 9.47 Å². The molecule has 0 fully saturated rings. The molecule has 29 heavy (non-hydrogen) atoms. The van der Waals surface area contributed by atoms with Crippen LogP contribution in [-0.4, -0.2) is 17.7 Å². The van der Waals surface area contributed by atoms with Crippen molar-refractivity contribution in [3.63, 3.8) is 0 Å². The number of hydrogen-bond acceptors (Lipinski definition) is 3. The number of aromatic nitrogens is 1. The Morgan fingerprint density at radius 3 is 1.24 bits per heavy atom. The largest absolute Gasteiger partial charge is 0.573 e. The number of alkyl halides is 6. The van der Waals surface area contributed by atoms with Gasteiger partial charge in [-0.15, -0.1) is 26.3 Å². The summed E-state index contributed by atoms with van der Waals surface area (Å²) < 4.78 is 95.8. The second kappa shape index (κ2) is 7.61. The Labute approximate surface area is 159 Å². The number of halogens is 7. The van der Waals surface area contributed by atoms with Crippen LogP contribution in [0.1, 0.15) is 0 Å². The molecule has 3 nitrogen and oxygen atoms in total. The van der Waals surface area contributed by atoms with Crippen molar-refractivity contribution in [3.8, 4) is 33.8 Å². The highest BCUT2D eigenvalue weighted by molar-refractivity contribution is 5.73. The molecule has 0 aliphatic rings. The van der Waals surface area contributed by atoms with Crippen LogP contribution in [0.3, 0.4) is 0 Å². The van der Waals surface area contributed by atoms with E-state index in [4.69, 9.17) is 0 Å². The predicted molar refractivity (Wildman–Crippen MR) is 88.4 cm³/mol. The van der Waals surface area contributed by atoms with E-state index in [2.05, 4.69) is 14.5 Å². The summed E-state index contributed by atoms with van der Waals surface area (Å²) >= 11 is 0. The molecule has 2 aromatic carbocycles. The molecule has 0 unspecified atom stereocenters. The molecule has 0 saturated heterocycles. The van der Waals surface area contributed by atoms with Crippen molar-refractivity contribution in [1.82, 2.24) is 4.98 Å². The van der Waals surface area contributed by atoms with Crippen LogP contribution >= 0.6 is 0 Å². The Morgan fingerprint density at radius 2 is 0.931 bits per heavy atom. The quantitative estimate of drug-likeness (QED) is 0.464. The van der Waals surface area contributed by atoms with Crippen molar-refractivity contribution >= 4 is 0 Å². The van der Waals surface area contributed by atoms with Gasteiger partial charge in [-0.05, 0) is 35.4 Å². The van der Waals surface area contributed by atoms with E-state index in [1.54, 1.807) is 0 Å². The second-order valence-electron chi connectivity index (χ2n) is 5.69. The molecule has 0 amide bonds. The predicted octanol–water partition coefficient (Wildman–Crippen LogP) is 6.35. The van der Waals surface area contributed by atoms with Crippen molar-refractivity contribution in [1.29, 1.82) is 0 Å². The van der Waals surface area contributed by atoms with Crippen LogP contribution in [-0.2, 0) is 0 Å². The Kier molecular flexibility index (Phi) is 5.36. The van der Waals surface area contributed by atoms with Gasteiger partial charge >= 0.3 is 12.7 Å². The normalized spacial score (nSPS) is 12.0. The second-order valence-corrected chi connectivity index (χ2v) is 5.69. The van der Waals surface area contributed by atoms with Gasteiger partial charge in [-0.1, -0.05) is 24.3 Å². The molecule has 0 bridgehead atoms. The fraction of sp³-hybridized carbons (Fsp3) is 0.105. The zero-order chi connectivity index (χ0) is 21.2. The minimum Gasteiger partial charge on any atom is -0.406 e. The molecule has 1 heterocycles. The van der Waals surface area contributed by atoms with Crippen LogP contribution in [0, 0.1) is 5.82 Å². The van der Waals surface area contributed by atoms with Gasteiger partial charge in [0, 0.05) is 23.5 Å². The van der Waals surface area contributed by atoms with E-state index >= 15 is 0 Å². The van der Waals surface area contributed by atoms with Gasteiger partial charge in [0.15, 0.2) is 0 Å². The molecule has 0 atom stereocenters. The van der Waals surface area contributed by atoms with Gasteiger partial charge < -0.3 is 9.47 Å². The Balaban J connectivity index is 1.88.